The van der Waals surface area contributed by atoms with Crippen molar-refractivity contribution in [2.24, 2.45) is 0 Å². The maximum Gasteiger partial charge on any atom is 0.143 e. The van der Waals surface area contributed by atoms with E-state index in [1.54, 1.807) is 7.11 Å². The van der Waals surface area contributed by atoms with Crippen molar-refractivity contribution in [1.29, 1.82) is 0 Å². The number of H-pyrrole nitrogens is 2. The Morgan fingerprint density at radius 3 is 2.85 bits per heavy atom. The zero-order valence-corrected chi connectivity index (χ0v) is 14.5. The van der Waals surface area contributed by atoms with Crippen LogP contribution in [0.1, 0.15) is 11.3 Å². The molecule has 0 bridgehead atoms. The van der Waals surface area contributed by atoms with Crippen molar-refractivity contribution >= 4 is 28.2 Å². The van der Waals surface area contributed by atoms with Crippen LogP contribution in [0.5, 0.6) is 5.75 Å². The zero-order chi connectivity index (χ0) is 17.5. The molecule has 128 valence electrons. The highest BCUT2D eigenvalue weighted by atomic mass is 16.5. The van der Waals surface area contributed by atoms with Gasteiger partial charge in [-0.1, -0.05) is 24.3 Å². The molecule has 2 aromatic heterocycles. The van der Waals surface area contributed by atoms with Crippen LogP contribution in [0.25, 0.3) is 33.7 Å². The van der Waals surface area contributed by atoms with Gasteiger partial charge >= 0.3 is 0 Å². The third-order valence-corrected chi connectivity index (χ3v) is 5.00. The molecule has 4 heteroatoms. The van der Waals surface area contributed by atoms with Crippen molar-refractivity contribution in [1.82, 2.24) is 9.97 Å². The maximum atomic E-state index is 5.44. The number of nitrogens with one attached hydrogen (secondary N) is 3. The van der Waals surface area contributed by atoms with Gasteiger partial charge in [0.25, 0.3) is 0 Å². The number of aromatic amines is 2. The Morgan fingerprint density at radius 1 is 1.00 bits per heavy atom. The van der Waals surface area contributed by atoms with E-state index >= 15 is 0 Å². The fourth-order valence-electron chi connectivity index (χ4n) is 3.74. The monoisotopic (exact) mass is 341 g/mol. The first-order valence-electron chi connectivity index (χ1n) is 8.70. The molecular weight excluding hydrogens is 322 g/mol. The summed E-state index contributed by atoms with van der Waals surface area (Å²) in [7, 11) is 1.70. The average Bonchev–Trinajstić information content (AvgIpc) is 3.40. The molecule has 5 rings (SSSR count). The molecule has 3 N–H and O–H groups in total. The van der Waals surface area contributed by atoms with Gasteiger partial charge in [-0.3, -0.25) is 0 Å². The Kier molecular flexibility index (Phi) is 3.35. The molecule has 1 aliphatic heterocycles. The molecule has 0 atom stereocenters. The van der Waals surface area contributed by atoms with Crippen molar-refractivity contribution in [3.8, 4) is 16.9 Å². The smallest absolute Gasteiger partial charge is 0.143 e. The Morgan fingerprint density at radius 2 is 1.92 bits per heavy atom. The van der Waals surface area contributed by atoms with Gasteiger partial charge in [0.15, 0.2) is 0 Å². The molecule has 0 saturated heterocycles. The van der Waals surface area contributed by atoms with E-state index in [9.17, 15) is 0 Å². The van der Waals surface area contributed by atoms with Gasteiger partial charge in [0.1, 0.15) is 5.75 Å². The van der Waals surface area contributed by atoms with Crippen LogP contribution in [0, 0.1) is 0 Å². The number of benzene rings is 2. The topological polar surface area (TPSA) is 52.8 Å². The summed E-state index contributed by atoms with van der Waals surface area (Å²) in [6.07, 6.45) is 6.06. The number of rotatable bonds is 3. The summed E-state index contributed by atoms with van der Waals surface area (Å²) in [5.41, 5.74) is 8.28. The van der Waals surface area contributed by atoms with E-state index in [0.717, 1.165) is 23.5 Å². The highest BCUT2D eigenvalue weighted by Crippen LogP contribution is 2.40. The van der Waals surface area contributed by atoms with Gasteiger partial charge in [-0.2, -0.15) is 0 Å². The van der Waals surface area contributed by atoms with Gasteiger partial charge in [0.05, 0.1) is 12.8 Å². The van der Waals surface area contributed by atoms with Crippen LogP contribution >= 0.6 is 0 Å². The second-order valence-electron chi connectivity index (χ2n) is 6.49. The number of hydrogen-bond donors (Lipinski definition) is 3. The molecule has 0 radical (unpaired) electrons. The largest absolute Gasteiger partial charge is 0.495 e. The highest BCUT2D eigenvalue weighted by molar-refractivity contribution is 6.00. The molecule has 0 amide bonds. The van der Waals surface area contributed by atoms with Crippen LogP contribution < -0.4 is 10.1 Å². The average molecular weight is 341 g/mol. The maximum absolute atomic E-state index is 5.44. The van der Waals surface area contributed by atoms with Gasteiger partial charge in [-0.25, -0.2) is 0 Å². The van der Waals surface area contributed by atoms with Crippen LogP contribution in [0.15, 0.2) is 60.9 Å². The summed E-state index contributed by atoms with van der Waals surface area (Å²) in [5.74, 6) is 0.858. The Labute approximate surface area is 151 Å². The number of anilines is 1. The van der Waals surface area contributed by atoms with Crippen LogP contribution in [-0.2, 0) is 0 Å². The second kappa shape index (κ2) is 5.85. The molecule has 0 aliphatic carbocycles. The SMILES string of the molecule is COc1cc[nH]c1/C=C1\CNc2cccc(-c3ccc4cc[nH]c4c3)c21. The van der Waals surface area contributed by atoms with E-state index < -0.39 is 0 Å². The van der Waals surface area contributed by atoms with E-state index in [0.29, 0.717) is 0 Å². The summed E-state index contributed by atoms with van der Waals surface area (Å²) < 4.78 is 5.44. The van der Waals surface area contributed by atoms with Crippen molar-refractivity contribution in [3.05, 3.63) is 72.2 Å². The standard InChI is InChI=1S/C22H19N3O/c1-26-21-8-10-24-20(21)12-16-13-25-18-4-2-3-17(22(16)18)15-6-5-14-7-9-23-19(14)11-15/h2-12,23-25H,13H2,1H3/b16-12+. The molecule has 0 spiro atoms. The van der Waals surface area contributed by atoms with Gasteiger partial charge < -0.3 is 20.0 Å². The zero-order valence-electron chi connectivity index (χ0n) is 14.5. The van der Waals surface area contributed by atoms with Gasteiger partial charge in [-0.05, 0) is 52.4 Å². The Bertz CT molecular complexity index is 1130. The fraction of sp³-hybridized carbons (Fsp3) is 0.0909. The number of methoxy groups -OCH3 is 1. The summed E-state index contributed by atoms with van der Waals surface area (Å²) >= 11 is 0. The van der Waals surface area contributed by atoms with Crippen LogP contribution in [-0.4, -0.2) is 23.6 Å². The summed E-state index contributed by atoms with van der Waals surface area (Å²) in [6, 6.07) is 17.1. The lowest BCUT2D eigenvalue weighted by molar-refractivity contribution is 0.414. The lowest BCUT2D eigenvalue weighted by Gasteiger charge is -2.10. The van der Waals surface area contributed by atoms with E-state index in [4.69, 9.17) is 4.74 Å². The normalized spacial score (nSPS) is 14.6. The van der Waals surface area contributed by atoms with Crippen LogP contribution in [0.2, 0.25) is 0 Å². The molecule has 2 aromatic carbocycles. The first kappa shape index (κ1) is 14.9. The summed E-state index contributed by atoms with van der Waals surface area (Å²) in [5, 5.41) is 4.74. The van der Waals surface area contributed by atoms with Gasteiger partial charge in [-0.15, -0.1) is 0 Å². The number of hydrogen-bond acceptors (Lipinski definition) is 2. The predicted molar refractivity (Wildman–Crippen MR) is 107 cm³/mol. The minimum Gasteiger partial charge on any atom is -0.495 e. The Hall–Kier alpha value is -3.40. The lowest BCUT2D eigenvalue weighted by Crippen LogP contribution is -1.92. The molecule has 3 heterocycles. The van der Waals surface area contributed by atoms with Crippen molar-refractivity contribution in [2.75, 3.05) is 19.0 Å². The highest BCUT2D eigenvalue weighted by Gasteiger charge is 2.21. The van der Waals surface area contributed by atoms with Gasteiger partial charge in [0, 0.05) is 35.7 Å². The van der Waals surface area contributed by atoms with E-state index in [2.05, 4.69) is 63.8 Å². The third kappa shape index (κ3) is 2.30. The van der Waals surface area contributed by atoms with E-state index in [1.165, 1.54) is 33.3 Å². The molecule has 0 fully saturated rings. The molecule has 0 unspecified atom stereocenters. The lowest BCUT2D eigenvalue weighted by atomic mass is 9.94. The first-order valence-corrected chi connectivity index (χ1v) is 8.70. The van der Waals surface area contributed by atoms with Crippen molar-refractivity contribution in [3.63, 3.8) is 0 Å². The minimum absolute atomic E-state index is 0.805. The molecule has 4 nitrogen and oxygen atoms in total. The fourth-order valence-corrected chi connectivity index (χ4v) is 3.74. The second-order valence-corrected chi connectivity index (χ2v) is 6.49. The summed E-state index contributed by atoms with van der Waals surface area (Å²) in [4.78, 5) is 6.57. The number of fused-ring (bicyclic) bond motifs is 2. The minimum atomic E-state index is 0.805. The third-order valence-electron chi connectivity index (χ3n) is 5.00. The Balaban J connectivity index is 1.67. The number of aromatic nitrogens is 2. The van der Waals surface area contributed by atoms with Crippen molar-refractivity contribution in [2.45, 2.75) is 0 Å². The number of ether oxygens (including phenoxy) is 1. The van der Waals surface area contributed by atoms with Gasteiger partial charge in [0.2, 0.25) is 0 Å². The molecular formula is C22H19N3O. The molecule has 1 aliphatic rings. The predicted octanol–water partition coefficient (Wildman–Crippen LogP) is 5.14. The quantitative estimate of drug-likeness (QED) is 0.483. The molecule has 0 saturated carbocycles. The molecule has 26 heavy (non-hydrogen) atoms. The van der Waals surface area contributed by atoms with Crippen molar-refractivity contribution < 1.29 is 4.74 Å². The van der Waals surface area contributed by atoms with E-state index in [-0.39, 0.29) is 0 Å². The van der Waals surface area contributed by atoms with Crippen LogP contribution in [0.3, 0.4) is 0 Å². The summed E-state index contributed by atoms with van der Waals surface area (Å²) in [6.45, 7) is 0.805. The molecule has 4 aromatic rings. The van der Waals surface area contributed by atoms with E-state index in [1.807, 2.05) is 18.5 Å². The van der Waals surface area contributed by atoms with Crippen LogP contribution in [0.4, 0.5) is 5.69 Å². The first-order chi connectivity index (χ1) is 12.8.